The predicted molar refractivity (Wildman–Crippen MR) is 72.0 cm³/mol. The van der Waals surface area contributed by atoms with Crippen LogP contribution >= 0.6 is 11.6 Å². The van der Waals surface area contributed by atoms with Crippen LogP contribution in [-0.2, 0) is 6.54 Å². The summed E-state index contributed by atoms with van der Waals surface area (Å²) < 4.78 is 0. The van der Waals surface area contributed by atoms with E-state index in [9.17, 15) is 0 Å². The molecule has 0 unspecified atom stereocenters. The molecule has 1 aliphatic heterocycles. The summed E-state index contributed by atoms with van der Waals surface area (Å²) in [6.45, 7) is 5.38. The molecule has 0 bridgehead atoms. The van der Waals surface area contributed by atoms with Crippen molar-refractivity contribution < 1.29 is 0 Å². The fourth-order valence-electron chi connectivity index (χ4n) is 2.38. The van der Waals surface area contributed by atoms with Gasteiger partial charge in [0.25, 0.3) is 0 Å². The zero-order chi connectivity index (χ0) is 12.3. The molecule has 0 atom stereocenters. The van der Waals surface area contributed by atoms with Crippen LogP contribution in [0, 0.1) is 5.92 Å². The summed E-state index contributed by atoms with van der Waals surface area (Å²) in [5, 5.41) is 0.719. The van der Waals surface area contributed by atoms with Gasteiger partial charge in [0.1, 0.15) is 5.82 Å². The number of piperidine rings is 1. The fourth-order valence-corrected chi connectivity index (χ4v) is 2.54. The molecule has 1 aromatic rings. The molecule has 0 radical (unpaired) electrons. The highest BCUT2D eigenvalue weighted by molar-refractivity contribution is 6.31. The molecule has 3 nitrogen and oxygen atoms in total. The van der Waals surface area contributed by atoms with Gasteiger partial charge in [0.2, 0.25) is 0 Å². The number of aromatic nitrogens is 1. The van der Waals surface area contributed by atoms with Crippen LogP contribution < -0.4 is 5.73 Å². The maximum Gasteiger partial charge on any atom is 0.123 e. The van der Waals surface area contributed by atoms with E-state index in [1.807, 2.05) is 6.07 Å². The fraction of sp³-hybridized carbons (Fsp3) is 0.615. The Bertz CT molecular complexity index is 373. The van der Waals surface area contributed by atoms with Crippen molar-refractivity contribution in [3.8, 4) is 0 Å². The van der Waals surface area contributed by atoms with Crippen LogP contribution in [0.25, 0.3) is 0 Å². The van der Waals surface area contributed by atoms with Gasteiger partial charge in [-0.05, 0) is 44.0 Å². The third kappa shape index (κ3) is 3.33. The molecule has 2 rings (SSSR count). The van der Waals surface area contributed by atoms with E-state index in [-0.39, 0.29) is 0 Å². The Morgan fingerprint density at radius 1 is 1.41 bits per heavy atom. The average molecular weight is 254 g/mol. The normalized spacial score (nSPS) is 18.5. The Hall–Kier alpha value is -0.800. The van der Waals surface area contributed by atoms with Gasteiger partial charge in [-0.2, -0.15) is 0 Å². The van der Waals surface area contributed by atoms with Gasteiger partial charge in [0.05, 0.1) is 10.7 Å². The van der Waals surface area contributed by atoms with E-state index < -0.39 is 0 Å². The second-order valence-electron chi connectivity index (χ2n) is 4.79. The summed E-state index contributed by atoms with van der Waals surface area (Å²) in [4.78, 5) is 6.73. The maximum atomic E-state index is 6.13. The van der Waals surface area contributed by atoms with Gasteiger partial charge in [0, 0.05) is 6.54 Å². The first kappa shape index (κ1) is 12.7. The number of likely N-dealkylation sites (tertiary alicyclic amines) is 1. The van der Waals surface area contributed by atoms with Crippen LogP contribution in [0.5, 0.6) is 0 Å². The Morgan fingerprint density at radius 3 is 2.76 bits per heavy atom. The van der Waals surface area contributed by atoms with E-state index in [0.29, 0.717) is 5.82 Å². The summed E-state index contributed by atoms with van der Waals surface area (Å²) in [6.07, 6.45) is 3.87. The van der Waals surface area contributed by atoms with Crippen molar-refractivity contribution in [2.75, 3.05) is 18.8 Å². The SMILES string of the molecule is CCC1CCN(Cc2nc(N)ccc2Cl)CC1. The number of hydrogen-bond acceptors (Lipinski definition) is 3. The lowest BCUT2D eigenvalue weighted by Crippen LogP contribution is -2.33. The lowest BCUT2D eigenvalue weighted by Gasteiger charge is -2.31. The molecule has 0 amide bonds. The first-order valence-electron chi connectivity index (χ1n) is 6.32. The van der Waals surface area contributed by atoms with E-state index in [1.54, 1.807) is 6.07 Å². The molecule has 4 heteroatoms. The number of nitrogens with zero attached hydrogens (tertiary/aromatic N) is 2. The highest BCUT2D eigenvalue weighted by Gasteiger charge is 2.18. The lowest BCUT2D eigenvalue weighted by molar-refractivity contribution is 0.173. The van der Waals surface area contributed by atoms with Crippen molar-refractivity contribution in [3.05, 3.63) is 22.8 Å². The third-order valence-corrected chi connectivity index (χ3v) is 3.94. The van der Waals surface area contributed by atoms with E-state index in [1.165, 1.54) is 19.3 Å². The monoisotopic (exact) mass is 253 g/mol. The smallest absolute Gasteiger partial charge is 0.123 e. The van der Waals surface area contributed by atoms with Crippen molar-refractivity contribution in [2.24, 2.45) is 5.92 Å². The summed E-state index contributed by atoms with van der Waals surface area (Å²) in [6, 6.07) is 3.58. The van der Waals surface area contributed by atoms with Crippen LogP contribution in [0.2, 0.25) is 5.02 Å². The van der Waals surface area contributed by atoms with Crippen LogP contribution in [0.15, 0.2) is 12.1 Å². The van der Waals surface area contributed by atoms with Crippen molar-refractivity contribution >= 4 is 17.4 Å². The molecule has 0 aliphatic carbocycles. The van der Waals surface area contributed by atoms with E-state index >= 15 is 0 Å². The highest BCUT2D eigenvalue weighted by Crippen LogP contribution is 2.23. The first-order valence-corrected chi connectivity index (χ1v) is 6.70. The lowest BCUT2D eigenvalue weighted by atomic mass is 9.94. The second-order valence-corrected chi connectivity index (χ2v) is 5.20. The van der Waals surface area contributed by atoms with Gasteiger partial charge in [-0.1, -0.05) is 24.9 Å². The van der Waals surface area contributed by atoms with Gasteiger partial charge in [0.15, 0.2) is 0 Å². The van der Waals surface area contributed by atoms with Crippen LogP contribution in [-0.4, -0.2) is 23.0 Å². The summed E-state index contributed by atoms with van der Waals surface area (Å²) in [5.74, 6) is 1.45. The molecule has 0 aromatic carbocycles. The minimum atomic E-state index is 0.549. The molecule has 2 N–H and O–H groups in total. The van der Waals surface area contributed by atoms with Gasteiger partial charge in [-0.15, -0.1) is 0 Å². The van der Waals surface area contributed by atoms with E-state index in [0.717, 1.165) is 36.3 Å². The number of nitrogens with two attached hydrogens (primary N) is 1. The molecule has 94 valence electrons. The van der Waals surface area contributed by atoms with Crippen molar-refractivity contribution in [3.63, 3.8) is 0 Å². The molecule has 1 fully saturated rings. The largest absolute Gasteiger partial charge is 0.384 e. The molecule has 1 aliphatic rings. The van der Waals surface area contributed by atoms with Crippen molar-refractivity contribution in [1.82, 2.24) is 9.88 Å². The molecule has 1 aromatic heterocycles. The van der Waals surface area contributed by atoms with Gasteiger partial charge >= 0.3 is 0 Å². The average Bonchev–Trinajstić information content (AvgIpc) is 2.35. The molecule has 17 heavy (non-hydrogen) atoms. The Kier molecular flexibility index (Phi) is 4.24. The number of pyridine rings is 1. The Balaban J connectivity index is 1.95. The van der Waals surface area contributed by atoms with Crippen LogP contribution in [0.4, 0.5) is 5.82 Å². The highest BCUT2D eigenvalue weighted by atomic mass is 35.5. The summed E-state index contributed by atoms with van der Waals surface area (Å²) in [5.41, 5.74) is 6.59. The maximum absolute atomic E-state index is 6.13. The molecule has 0 saturated carbocycles. The molecular formula is C13H20ClN3. The molecule has 1 saturated heterocycles. The number of anilines is 1. The topological polar surface area (TPSA) is 42.2 Å². The summed E-state index contributed by atoms with van der Waals surface area (Å²) >= 11 is 6.13. The standard InChI is InChI=1S/C13H20ClN3/c1-2-10-5-7-17(8-6-10)9-12-11(14)3-4-13(15)16-12/h3-4,10H,2,5-9H2,1H3,(H2,15,16). The number of nitrogen functional groups attached to an aromatic ring is 1. The number of rotatable bonds is 3. The van der Waals surface area contributed by atoms with E-state index in [2.05, 4.69) is 16.8 Å². The zero-order valence-electron chi connectivity index (χ0n) is 10.3. The molecule has 2 heterocycles. The first-order chi connectivity index (χ1) is 8.19. The quantitative estimate of drug-likeness (QED) is 0.901. The zero-order valence-corrected chi connectivity index (χ0v) is 11.1. The Morgan fingerprint density at radius 2 is 2.12 bits per heavy atom. The van der Waals surface area contributed by atoms with E-state index in [4.69, 9.17) is 17.3 Å². The van der Waals surface area contributed by atoms with Crippen molar-refractivity contribution in [1.29, 1.82) is 0 Å². The van der Waals surface area contributed by atoms with Crippen LogP contribution in [0.1, 0.15) is 31.9 Å². The number of hydrogen-bond donors (Lipinski definition) is 1. The summed E-state index contributed by atoms with van der Waals surface area (Å²) in [7, 11) is 0. The Labute approximate surface area is 108 Å². The minimum Gasteiger partial charge on any atom is -0.384 e. The van der Waals surface area contributed by atoms with Crippen LogP contribution in [0.3, 0.4) is 0 Å². The molecular weight excluding hydrogens is 234 g/mol. The second kappa shape index (κ2) is 5.69. The molecule has 0 spiro atoms. The van der Waals surface area contributed by atoms with Crippen molar-refractivity contribution in [2.45, 2.75) is 32.7 Å². The van der Waals surface area contributed by atoms with Gasteiger partial charge in [-0.3, -0.25) is 4.90 Å². The van der Waals surface area contributed by atoms with Gasteiger partial charge < -0.3 is 5.73 Å². The minimum absolute atomic E-state index is 0.549. The van der Waals surface area contributed by atoms with Gasteiger partial charge in [-0.25, -0.2) is 4.98 Å². The predicted octanol–water partition coefficient (Wildman–Crippen LogP) is 2.94. The number of halogens is 1. The third-order valence-electron chi connectivity index (χ3n) is 3.60.